The van der Waals surface area contributed by atoms with E-state index in [0.717, 1.165) is 40.9 Å². The molecular weight excluding hydrogens is 426 g/mol. The van der Waals surface area contributed by atoms with Crippen molar-refractivity contribution in [2.75, 3.05) is 18.6 Å². The van der Waals surface area contributed by atoms with E-state index in [1.54, 1.807) is 13.2 Å². The molecule has 2 aliphatic rings. The number of nitrogens with one attached hydrogen (secondary N) is 1. The number of rotatable bonds is 6. The number of allylic oxidation sites excluding steroid dienone is 1. The van der Waals surface area contributed by atoms with Crippen LogP contribution in [-0.2, 0) is 11.3 Å². The molecule has 0 aromatic heterocycles. The van der Waals surface area contributed by atoms with Crippen LogP contribution in [0.5, 0.6) is 5.75 Å². The van der Waals surface area contributed by atoms with Gasteiger partial charge in [-0.15, -0.1) is 0 Å². The number of hydrogen-bond donors (Lipinski definition) is 1. The Morgan fingerprint density at radius 2 is 1.79 bits per heavy atom. The van der Waals surface area contributed by atoms with Crippen molar-refractivity contribution < 1.29 is 14.3 Å². The van der Waals surface area contributed by atoms with Crippen molar-refractivity contribution >= 4 is 29.3 Å². The van der Waals surface area contributed by atoms with Gasteiger partial charge in [0.25, 0.3) is 5.91 Å². The number of hydrogen-bond acceptors (Lipinski definition) is 4. The van der Waals surface area contributed by atoms with Crippen LogP contribution in [0.3, 0.4) is 0 Å². The number of nitrogens with zero attached hydrogens (tertiary/aromatic N) is 2. The predicted molar refractivity (Wildman–Crippen MR) is 137 cm³/mol. The van der Waals surface area contributed by atoms with Crippen LogP contribution in [0.1, 0.15) is 56.4 Å². The standard InChI is InChI=1S/C28H33N3O3/c1-7-12-31-24-15-25(34-6)21(13-22(24)19(3)16-28(31,4)5)14-23-26(32)30(27(33)29-23)17-20-10-8-18(2)9-11-20/h8-11,13-16H,7,12,17H2,1-6H3,(H,29,33)/b23-14+. The van der Waals surface area contributed by atoms with Gasteiger partial charge in [0, 0.05) is 29.4 Å². The Kier molecular flexibility index (Phi) is 6.26. The number of benzene rings is 2. The van der Waals surface area contributed by atoms with Crippen molar-refractivity contribution in [3.8, 4) is 5.75 Å². The van der Waals surface area contributed by atoms with Gasteiger partial charge in [-0.25, -0.2) is 4.79 Å². The van der Waals surface area contributed by atoms with Gasteiger partial charge >= 0.3 is 6.03 Å². The molecule has 0 aliphatic carbocycles. The second-order valence-electron chi connectivity index (χ2n) is 9.61. The van der Waals surface area contributed by atoms with Crippen molar-refractivity contribution in [3.05, 3.63) is 70.4 Å². The molecule has 0 spiro atoms. The highest BCUT2D eigenvalue weighted by Gasteiger charge is 2.35. The van der Waals surface area contributed by atoms with E-state index in [9.17, 15) is 9.59 Å². The van der Waals surface area contributed by atoms with Gasteiger partial charge < -0.3 is 15.0 Å². The van der Waals surface area contributed by atoms with Crippen molar-refractivity contribution in [2.45, 2.75) is 53.1 Å². The number of carbonyl (C=O) groups excluding carboxylic acids is 2. The molecule has 2 aromatic carbocycles. The number of amides is 3. The quantitative estimate of drug-likeness (QED) is 0.457. The third kappa shape index (κ3) is 4.32. The average molecular weight is 460 g/mol. The molecule has 3 amide bonds. The highest BCUT2D eigenvalue weighted by atomic mass is 16.5. The molecule has 2 aliphatic heterocycles. The van der Waals surface area contributed by atoms with E-state index in [0.29, 0.717) is 5.75 Å². The maximum atomic E-state index is 13.1. The van der Waals surface area contributed by atoms with Gasteiger partial charge in [-0.1, -0.05) is 42.8 Å². The number of ether oxygens (including phenoxy) is 1. The van der Waals surface area contributed by atoms with Gasteiger partial charge in [-0.05, 0) is 57.4 Å². The molecule has 0 atom stereocenters. The van der Waals surface area contributed by atoms with Crippen LogP contribution >= 0.6 is 0 Å². The van der Waals surface area contributed by atoms with E-state index >= 15 is 0 Å². The third-order valence-electron chi connectivity index (χ3n) is 6.50. The summed E-state index contributed by atoms with van der Waals surface area (Å²) in [6.07, 6.45) is 5.02. The van der Waals surface area contributed by atoms with Gasteiger partial charge in [0.1, 0.15) is 11.4 Å². The van der Waals surface area contributed by atoms with Crippen molar-refractivity contribution in [1.82, 2.24) is 10.2 Å². The first-order valence-electron chi connectivity index (χ1n) is 11.7. The smallest absolute Gasteiger partial charge is 0.329 e. The number of fused-ring (bicyclic) bond motifs is 1. The van der Waals surface area contributed by atoms with Gasteiger partial charge in [0.05, 0.1) is 19.2 Å². The molecule has 6 heteroatoms. The van der Waals surface area contributed by atoms with E-state index in [4.69, 9.17) is 4.74 Å². The van der Waals surface area contributed by atoms with Gasteiger partial charge in [0.15, 0.2) is 0 Å². The zero-order valence-electron chi connectivity index (χ0n) is 20.9. The molecule has 34 heavy (non-hydrogen) atoms. The Balaban J connectivity index is 1.69. The summed E-state index contributed by atoms with van der Waals surface area (Å²) in [7, 11) is 1.63. The van der Waals surface area contributed by atoms with Crippen LogP contribution in [0.15, 0.2) is 48.2 Å². The average Bonchev–Trinajstić information content (AvgIpc) is 3.05. The first-order valence-corrected chi connectivity index (χ1v) is 11.7. The lowest BCUT2D eigenvalue weighted by molar-refractivity contribution is -0.123. The maximum Gasteiger partial charge on any atom is 0.329 e. The Morgan fingerprint density at radius 1 is 1.09 bits per heavy atom. The molecule has 0 saturated carbocycles. The first-order chi connectivity index (χ1) is 16.1. The molecule has 1 fully saturated rings. The number of methoxy groups -OCH3 is 1. The topological polar surface area (TPSA) is 61.9 Å². The molecule has 0 bridgehead atoms. The fourth-order valence-corrected chi connectivity index (χ4v) is 4.79. The second-order valence-corrected chi connectivity index (χ2v) is 9.61. The summed E-state index contributed by atoms with van der Waals surface area (Å²) in [4.78, 5) is 29.3. The summed E-state index contributed by atoms with van der Waals surface area (Å²) in [6.45, 7) is 11.9. The molecule has 6 nitrogen and oxygen atoms in total. The summed E-state index contributed by atoms with van der Waals surface area (Å²) in [5, 5.41) is 2.74. The van der Waals surface area contributed by atoms with E-state index in [2.05, 4.69) is 44.0 Å². The minimum Gasteiger partial charge on any atom is -0.496 e. The number of urea groups is 1. The van der Waals surface area contributed by atoms with Crippen LogP contribution in [-0.4, -0.2) is 36.0 Å². The largest absolute Gasteiger partial charge is 0.496 e. The zero-order valence-corrected chi connectivity index (χ0v) is 20.9. The molecule has 4 rings (SSSR count). The molecule has 2 aromatic rings. The second kappa shape index (κ2) is 9.01. The molecule has 1 saturated heterocycles. The van der Waals surface area contributed by atoms with Gasteiger partial charge in [-0.3, -0.25) is 9.69 Å². The highest BCUT2D eigenvalue weighted by Crippen LogP contribution is 2.42. The van der Waals surface area contributed by atoms with E-state index in [1.165, 1.54) is 10.5 Å². The lowest BCUT2D eigenvalue weighted by Gasteiger charge is -2.43. The molecule has 178 valence electrons. The van der Waals surface area contributed by atoms with E-state index < -0.39 is 6.03 Å². The lowest BCUT2D eigenvalue weighted by Crippen LogP contribution is -2.45. The Bertz CT molecular complexity index is 1190. The molecule has 1 N–H and O–H groups in total. The van der Waals surface area contributed by atoms with Crippen LogP contribution in [0.2, 0.25) is 0 Å². The van der Waals surface area contributed by atoms with Crippen LogP contribution in [0.25, 0.3) is 11.6 Å². The molecule has 2 heterocycles. The number of imide groups is 1. The third-order valence-corrected chi connectivity index (χ3v) is 6.50. The Morgan fingerprint density at radius 3 is 2.44 bits per heavy atom. The highest BCUT2D eigenvalue weighted by molar-refractivity contribution is 6.14. The monoisotopic (exact) mass is 459 g/mol. The number of anilines is 1. The summed E-state index contributed by atoms with van der Waals surface area (Å²) in [6, 6.07) is 11.5. The summed E-state index contributed by atoms with van der Waals surface area (Å²) in [5.74, 6) is 0.322. The Hall–Kier alpha value is -3.54. The molecular formula is C28H33N3O3. The first kappa shape index (κ1) is 23.6. The van der Waals surface area contributed by atoms with Crippen molar-refractivity contribution in [3.63, 3.8) is 0 Å². The number of aryl methyl sites for hydroxylation is 1. The van der Waals surface area contributed by atoms with Crippen LogP contribution in [0, 0.1) is 6.92 Å². The van der Waals surface area contributed by atoms with Crippen molar-refractivity contribution in [1.29, 1.82) is 0 Å². The fourth-order valence-electron chi connectivity index (χ4n) is 4.79. The summed E-state index contributed by atoms with van der Waals surface area (Å²) < 4.78 is 5.72. The minimum atomic E-state index is -0.416. The van der Waals surface area contributed by atoms with Crippen LogP contribution < -0.4 is 15.0 Å². The SMILES string of the molecule is CCCN1c2cc(OC)c(/C=C3/NC(=O)N(Cc4ccc(C)cc4)C3=O)cc2C(C)=CC1(C)C. The van der Waals surface area contributed by atoms with E-state index in [-0.39, 0.29) is 23.7 Å². The maximum absolute atomic E-state index is 13.1. The lowest BCUT2D eigenvalue weighted by atomic mass is 9.87. The molecule has 0 radical (unpaired) electrons. The van der Waals surface area contributed by atoms with Crippen LogP contribution in [0.4, 0.5) is 10.5 Å². The summed E-state index contributed by atoms with van der Waals surface area (Å²) in [5.41, 5.74) is 6.33. The minimum absolute atomic E-state index is 0.107. The van der Waals surface area contributed by atoms with Gasteiger partial charge in [0.2, 0.25) is 0 Å². The van der Waals surface area contributed by atoms with E-state index in [1.807, 2.05) is 43.3 Å². The predicted octanol–water partition coefficient (Wildman–Crippen LogP) is 5.51. The Labute approximate surface area is 201 Å². The summed E-state index contributed by atoms with van der Waals surface area (Å²) >= 11 is 0. The molecule has 0 unspecified atom stereocenters. The van der Waals surface area contributed by atoms with Crippen molar-refractivity contribution in [2.24, 2.45) is 0 Å². The fraction of sp³-hybridized carbons (Fsp3) is 0.357. The number of carbonyl (C=O) groups is 2. The zero-order chi connectivity index (χ0) is 24.6. The van der Waals surface area contributed by atoms with Gasteiger partial charge in [-0.2, -0.15) is 0 Å². The normalized spacial score (nSPS) is 18.2.